The van der Waals surface area contributed by atoms with E-state index >= 15 is 0 Å². The summed E-state index contributed by atoms with van der Waals surface area (Å²) >= 11 is 0. The zero-order chi connectivity index (χ0) is 13.8. The van der Waals surface area contributed by atoms with Gasteiger partial charge in [0.05, 0.1) is 12.8 Å². The lowest BCUT2D eigenvalue weighted by molar-refractivity contribution is 0.412. The number of ether oxygens (including phenoxy) is 1. The van der Waals surface area contributed by atoms with Crippen LogP contribution in [-0.2, 0) is 6.42 Å². The highest BCUT2D eigenvalue weighted by atomic mass is 16.5. The summed E-state index contributed by atoms with van der Waals surface area (Å²) in [6, 6.07) is 10.5. The van der Waals surface area contributed by atoms with Gasteiger partial charge in [0.15, 0.2) is 0 Å². The summed E-state index contributed by atoms with van der Waals surface area (Å²) < 4.78 is 5.36. The molecule has 1 heterocycles. The summed E-state index contributed by atoms with van der Waals surface area (Å²) in [5.74, 6) is 1.51. The monoisotopic (exact) mass is 268 g/mol. The molecule has 0 aliphatic heterocycles. The van der Waals surface area contributed by atoms with Crippen molar-refractivity contribution in [3.63, 3.8) is 0 Å². The number of hydrogen-bond donors (Lipinski definition) is 1. The second-order valence-corrected chi connectivity index (χ2v) is 5.28. The largest absolute Gasteiger partial charge is 0.497 e. The quantitative estimate of drug-likeness (QED) is 0.919. The van der Waals surface area contributed by atoms with Crippen molar-refractivity contribution >= 4 is 5.69 Å². The molecule has 3 nitrogen and oxygen atoms in total. The second kappa shape index (κ2) is 5.95. The predicted molar refractivity (Wildman–Crippen MR) is 81.4 cm³/mol. The molecule has 1 aliphatic rings. The molecule has 0 saturated heterocycles. The van der Waals surface area contributed by atoms with Gasteiger partial charge < -0.3 is 10.1 Å². The third-order valence-corrected chi connectivity index (χ3v) is 4.01. The lowest BCUT2D eigenvalue weighted by atomic mass is 9.82. The third kappa shape index (κ3) is 2.77. The molecule has 1 aliphatic carbocycles. The van der Waals surface area contributed by atoms with Gasteiger partial charge in [0.2, 0.25) is 0 Å². The second-order valence-electron chi connectivity index (χ2n) is 5.28. The molecule has 0 saturated carbocycles. The van der Waals surface area contributed by atoms with E-state index in [4.69, 9.17) is 4.74 Å². The lowest BCUT2D eigenvalue weighted by Gasteiger charge is -2.26. The van der Waals surface area contributed by atoms with Crippen molar-refractivity contribution < 1.29 is 4.74 Å². The zero-order valence-corrected chi connectivity index (χ0v) is 11.8. The van der Waals surface area contributed by atoms with Crippen LogP contribution < -0.4 is 10.1 Å². The van der Waals surface area contributed by atoms with E-state index in [0.717, 1.165) is 18.0 Å². The van der Waals surface area contributed by atoms with E-state index in [1.54, 1.807) is 13.3 Å². The summed E-state index contributed by atoms with van der Waals surface area (Å²) in [7, 11) is 1.73. The van der Waals surface area contributed by atoms with Gasteiger partial charge in [-0.3, -0.25) is 4.98 Å². The van der Waals surface area contributed by atoms with Crippen molar-refractivity contribution in [1.29, 1.82) is 0 Å². The van der Waals surface area contributed by atoms with Crippen LogP contribution >= 0.6 is 0 Å². The number of hydrogen-bond acceptors (Lipinski definition) is 3. The fourth-order valence-electron chi connectivity index (χ4n) is 2.92. The van der Waals surface area contributed by atoms with Crippen molar-refractivity contribution in [2.24, 2.45) is 0 Å². The van der Waals surface area contributed by atoms with Crippen molar-refractivity contribution in [3.8, 4) is 5.75 Å². The molecule has 1 N–H and O–H groups in total. The Morgan fingerprint density at radius 2 is 2.30 bits per heavy atom. The Balaban J connectivity index is 1.75. The van der Waals surface area contributed by atoms with E-state index in [1.165, 1.54) is 30.4 Å². The van der Waals surface area contributed by atoms with Gasteiger partial charge in [-0.05, 0) is 54.7 Å². The molecule has 0 radical (unpaired) electrons. The van der Waals surface area contributed by atoms with E-state index in [1.807, 2.05) is 12.3 Å². The smallest absolute Gasteiger partial charge is 0.119 e. The molecule has 20 heavy (non-hydrogen) atoms. The van der Waals surface area contributed by atoms with E-state index < -0.39 is 0 Å². The van der Waals surface area contributed by atoms with Crippen LogP contribution in [0.2, 0.25) is 0 Å². The number of benzene rings is 1. The number of nitrogens with one attached hydrogen (secondary N) is 1. The first kappa shape index (κ1) is 13.0. The number of anilines is 1. The Kier molecular flexibility index (Phi) is 3.86. The van der Waals surface area contributed by atoms with E-state index in [-0.39, 0.29) is 0 Å². The van der Waals surface area contributed by atoms with Crippen molar-refractivity contribution in [2.45, 2.75) is 25.2 Å². The van der Waals surface area contributed by atoms with Crippen LogP contribution in [0.3, 0.4) is 0 Å². The van der Waals surface area contributed by atoms with E-state index in [0.29, 0.717) is 5.92 Å². The van der Waals surface area contributed by atoms with Crippen molar-refractivity contribution in [3.05, 3.63) is 53.9 Å². The predicted octanol–water partition coefficient (Wildman–Crippen LogP) is 3.62. The Morgan fingerprint density at radius 1 is 1.35 bits per heavy atom. The Labute approximate surface area is 120 Å². The minimum atomic E-state index is 0.550. The topological polar surface area (TPSA) is 34.1 Å². The van der Waals surface area contributed by atoms with Gasteiger partial charge in [-0.25, -0.2) is 0 Å². The van der Waals surface area contributed by atoms with Gasteiger partial charge in [-0.2, -0.15) is 0 Å². The number of aryl methyl sites for hydroxylation is 1. The van der Waals surface area contributed by atoms with Crippen LogP contribution in [0, 0.1) is 0 Å². The highest BCUT2D eigenvalue weighted by Gasteiger charge is 2.20. The first-order chi connectivity index (χ1) is 9.86. The first-order valence-corrected chi connectivity index (χ1v) is 7.17. The molecule has 1 unspecified atom stereocenters. The normalized spacial score (nSPS) is 17.4. The van der Waals surface area contributed by atoms with Gasteiger partial charge in [0.25, 0.3) is 0 Å². The van der Waals surface area contributed by atoms with Gasteiger partial charge in [0.1, 0.15) is 5.75 Å². The summed E-state index contributed by atoms with van der Waals surface area (Å²) in [4.78, 5) is 4.14. The van der Waals surface area contributed by atoms with Crippen LogP contribution in [0.5, 0.6) is 5.75 Å². The van der Waals surface area contributed by atoms with E-state index in [9.17, 15) is 0 Å². The summed E-state index contributed by atoms with van der Waals surface area (Å²) in [5, 5.41) is 3.49. The van der Waals surface area contributed by atoms with E-state index in [2.05, 4.69) is 34.6 Å². The van der Waals surface area contributed by atoms with Crippen LogP contribution in [0.25, 0.3) is 0 Å². The zero-order valence-electron chi connectivity index (χ0n) is 11.8. The maximum Gasteiger partial charge on any atom is 0.119 e. The summed E-state index contributed by atoms with van der Waals surface area (Å²) in [6.45, 7) is 0.950. The highest BCUT2D eigenvalue weighted by molar-refractivity contribution is 5.43. The fraction of sp³-hybridized carbons (Fsp3) is 0.353. The Morgan fingerprint density at radius 3 is 3.10 bits per heavy atom. The van der Waals surface area contributed by atoms with Crippen LogP contribution in [0.1, 0.15) is 29.9 Å². The van der Waals surface area contributed by atoms with Crippen molar-refractivity contribution in [2.75, 3.05) is 19.0 Å². The molecule has 104 valence electrons. The maximum absolute atomic E-state index is 5.36. The molecule has 0 spiro atoms. The number of methoxy groups -OCH3 is 1. The molecular weight excluding hydrogens is 248 g/mol. The Bertz CT molecular complexity index is 568. The molecule has 0 bridgehead atoms. The van der Waals surface area contributed by atoms with Gasteiger partial charge in [-0.1, -0.05) is 6.07 Å². The molecular formula is C17H20N2O. The third-order valence-electron chi connectivity index (χ3n) is 4.01. The first-order valence-electron chi connectivity index (χ1n) is 7.17. The minimum absolute atomic E-state index is 0.550. The molecule has 3 heteroatoms. The average molecular weight is 268 g/mol. The SMILES string of the molecule is COc1ccc2c(c1)C(CNc1cccnc1)CCC2. The molecule has 0 fully saturated rings. The molecule has 1 atom stereocenters. The Hall–Kier alpha value is -2.03. The fourth-order valence-corrected chi connectivity index (χ4v) is 2.92. The van der Waals surface area contributed by atoms with Crippen LogP contribution in [-0.4, -0.2) is 18.6 Å². The average Bonchev–Trinajstić information content (AvgIpc) is 2.53. The number of rotatable bonds is 4. The molecule has 1 aromatic heterocycles. The summed E-state index contributed by atoms with van der Waals surface area (Å²) in [5.41, 5.74) is 3.99. The highest BCUT2D eigenvalue weighted by Crippen LogP contribution is 2.34. The van der Waals surface area contributed by atoms with Crippen LogP contribution in [0.4, 0.5) is 5.69 Å². The van der Waals surface area contributed by atoms with Gasteiger partial charge >= 0.3 is 0 Å². The number of aromatic nitrogens is 1. The maximum atomic E-state index is 5.36. The summed E-state index contributed by atoms with van der Waals surface area (Å²) in [6.07, 6.45) is 7.34. The molecule has 1 aromatic carbocycles. The van der Waals surface area contributed by atoms with Crippen LogP contribution in [0.15, 0.2) is 42.7 Å². The number of fused-ring (bicyclic) bond motifs is 1. The molecule has 0 amide bonds. The number of nitrogens with zero attached hydrogens (tertiary/aromatic N) is 1. The minimum Gasteiger partial charge on any atom is -0.497 e. The standard InChI is InChI=1S/C17H20N2O/c1-20-16-8-7-13-4-2-5-14(17(13)10-16)11-19-15-6-3-9-18-12-15/h3,6-10,12,14,19H,2,4-5,11H2,1H3. The molecule has 2 aromatic rings. The van der Waals surface area contributed by atoms with Gasteiger partial charge in [-0.15, -0.1) is 0 Å². The lowest BCUT2D eigenvalue weighted by Crippen LogP contribution is -2.18. The molecule has 3 rings (SSSR count). The number of pyridine rings is 1. The van der Waals surface area contributed by atoms with Gasteiger partial charge in [0, 0.05) is 24.9 Å². The van der Waals surface area contributed by atoms with Crippen molar-refractivity contribution in [1.82, 2.24) is 4.98 Å².